The van der Waals surface area contributed by atoms with Gasteiger partial charge in [-0.05, 0) is 12.8 Å². The molecule has 0 aromatic heterocycles. The van der Waals surface area contributed by atoms with Crippen LogP contribution in [0.1, 0.15) is 33.6 Å². The number of hydrogen-bond acceptors (Lipinski definition) is 1. The fourth-order valence-corrected chi connectivity index (χ4v) is 1.27. The van der Waals surface area contributed by atoms with E-state index in [9.17, 15) is 4.79 Å². The van der Waals surface area contributed by atoms with Crippen LogP contribution >= 0.6 is 0 Å². The van der Waals surface area contributed by atoms with Crippen molar-refractivity contribution in [3.63, 3.8) is 0 Å². The maximum absolute atomic E-state index is 11.1. The minimum atomic E-state index is 0.329. The zero-order valence-corrected chi connectivity index (χ0v) is 8.05. The maximum atomic E-state index is 11.1. The van der Waals surface area contributed by atoms with Crippen molar-refractivity contribution in [1.29, 1.82) is 0 Å². The summed E-state index contributed by atoms with van der Waals surface area (Å²) in [5, 5.41) is 0. The van der Waals surface area contributed by atoms with E-state index >= 15 is 0 Å². The van der Waals surface area contributed by atoms with Gasteiger partial charge >= 0.3 is 0 Å². The summed E-state index contributed by atoms with van der Waals surface area (Å²) in [5.74, 6) is 0.660. The van der Waals surface area contributed by atoms with E-state index in [1.807, 2.05) is 25.8 Å². The normalized spacial score (nSPS) is 23.1. The molecule has 66 valence electrons. The quantitative estimate of drug-likeness (QED) is 0.569. The van der Waals surface area contributed by atoms with Crippen LogP contribution in [0, 0.1) is 5.92 Å². The van der Waals surface area contributed by atoms with Crippen LogP contribution < -0.4 is 0 Å². The smallest absolute Gasteiger partial charge is 0.225 e. The number of nitrogens with zero attached hydrogens (tertiary/aromatic N) is 1. The topological polar surface area (TPSA) is 20.3 Å². The molecule has 1 aliphatic heterocycles. The van der Waals surface area contributed by atoms with E-state index in [2.05, 4.69) is 6.92 Å². The largest absolute Gasteiger partial charge is 0.345 e. The highest BCUT2D eigenvalue weighted by Gasteiger charge is 2.26. The van der Waals surface area contributed by atoms with Crippen LogP contribution in [0.3, 0.4) is 0 Å². The summed E-state index contributed by atoms with van der Waals surface area (Å²) >= 11 is 0. The Labute approximate surface area is 69.6 Å². The van der Waals surface area contributed by atoms with E-state index in [0.29, 0.717) is 11.8 Å². The highest BCUT2D eigenvalue weighted by Crippen LogP contribution is 2.18. The average molecular weight is 157 g/mol. The molecule has 0 radical (unpaired) electrons. The highest BCUT2D eigenvalue weighted by molar-refractivity contribution is 5.80. The standard InChI is InChI=1S/C7H13NO.C2H6/c1-3-6-4-5-8(2)7(6)9;1-2/h6H,3-5H2,1-2H3;1-2H3. The molecule has 1 heterocycles. The number of likely N-dealkylation sites (tertiary alicyclic amines) is 1. The van der Waals surface area contributed by atoms with E-state index in [4.69, 9.17) is 0 Å². The molecule has 1 atom stereocenters. The van der Waals surface area contributed by atoms with Gasteiger partial charge in [0, 0.05) is 19.5 Å². The molecule has 0 saturated carbocycles. The second kappa shape index (κ2) is 5.16. The molecule has 1 unspecified atom stereocenters. The zero-order chi connectivity index (χ0) is 8.85. The van der Waals surface area contributed by atoms with Gasteiger partial charge in [-0.25, -0.2) is 0 Å². The first-order chi connectivity index (χ1) is 5.25. The fraction of sp³-hybridized carbons (Fsp3) is 0.889. The van der Waals surface area contributed by atoms with Gasteiger partial charge in [-0.2, -0.15) is 0 Å². The highest BCUT2D eigenvalue weighted by atomic mass is 16.2. The van der Waals surface area contributed by atoms with Crippen LogP contribution in [0.5, 0.6) is 0 Å². The lowest BCUT2D eigenvalue weighted by molar-refractivity contribution is -0.129. The molecule has 1 aliphatic rings. The predicted octanol–water partition coefficient (Wildman–Crippen LogP) is 1.90. The first-order valence-corrected chi connectivity index (χ1v) is 4.50. The number of carbonyl (C=O) groups is 1. The third-order valence-electron chi connectivity index (χ3n) is 2.03. The van der Waals surface area contributed by atoms with Crippen LogP contribution in [-0.2, 0) is 4.79 Å². The van der Waals surface area contributed by atoms with Gasteiger partial charge in [-0.3, -0.25) is 4.79 Å². The van der Waals surface area contributed by atoms with Gasteiger partial charge in [-0.15, -0.1) is 0 Å². The van der Waals surface area contributed by atoms with Gasteiger partial charge in [0.2, 0.25) is 5.91 Å². The van der Waals surface area contributed by atoms with Gasteiger partial charge in [0.05, 0.1) is 0 Å². The second-order valence-corrected chi connectivity index (χ2v) is 2.65. The summed E-state index contributed by atoms with van der Waals surface area (Å²) in [7, 11) is 1.87. The Morgan fingerprint density at radius 1 is 1.55 bits per heavy atom. The molecule has 0 aliphatic carbocycles. The van der Waals surface area contributed by atoms with E-state index in [0.717, 1.165) is 19.4 Å². The van der Waals surface area contributed by atoms with Crippen LogP contribution in [0.4, 0.5) is 0 Å². The third-order valence-corrected chi connectivity index (χ3v) is 2.03. The van der Waals surface area contributed by atoms with Crippen molar-refractivity contribution in [3.05, 3.63) is 0 Å². The average Bonchev–Trinajstić information content (AvgIpc) is 2.37. The molecular formula is C9H19NO. The van der Waals surface area contributed by atoms with Crippen molar-refractivity contribution in [2.45, 2.75) is 33.6 Å². The van der Waals surface area contributed by atoms with Crippen molar-refractivity contribution in [2.24, 2.45) is 5.92 Å². The van der Waals surface area contributed by atoms with Gasteiger partial charge < -0.3 is 4.90 Å². The van der Waals surface area contributed by atoms with Gasteiger partial charge in [-0.1, -0.05) is 20.8 Å². The SMILES string of the molecule is CC.CCC1CCN(C)C1=O. The Kier molecular flexibility index (Phi) is 4.92. The molecule has 1 saturated heterocycles. The Bertz CT molecular complexity index is 123. The predicted molar refractivity (Wildman–Crippen MR) is 47.4 cm³/mol. The molecule has 11 heavy (non-hydrogen) atoms. The Morgan fingerprint density at radius 2 is 2.09 bits per heavy atom. The monoisotopic (exact) mass is 157 g/mol. The molecule has 1 rings (SSSR count). The molecule has 0 spiro atoms. The molecule has 2 heteroatoms. The number of carbonyl (C=O) groups excluding carboxylic acids is 1. The molecular weight excluding hydrogens is 138 g/mol. The van der Waals surface area contributed by atoms with Gasteiger partial charge in [0.15, 0.2) is 0 Å². The number of amides is 1. The molecule has 2 nitrogen and oxygen atoms in total. The minimum absolute atomic E-state index is 0.329. The Morgan fingerprint density at radius 3 is 2.27 bits per heavy atom. The van der Waals surface area contributed by atoms with Crippen molar-refractivity contribution in [2.75, 3.05) is 13.6 Å². The lowest BCUT2D eigenvalue weighted by Gasteiger charge is -2.07. The van der Waals surface area contributed by atoms with Crippen LogP contribution in [0.15, 0.2) is 0 Å². The Balaban J connectivity index is 0.000000461. The summed E-state index contributed by atoms with van der Waals surface area (Å²) < 4.78 is 0. The lowest BCUT2D eigenvalue weighted by atomic mass is 10.1. The maximum Gasteiger partial charge on any atom is 0.225 e. The van der Waals surface area contributed by atoms with Crippen LogP contribution in [-0.4, -0.2) is 24.4 Å². The molecule has 0 bridgehead atoms. The minimum Gasteiger partial charge on any atom is -0.345 e. The second-order valence-electron chi connectivity index (χ2n) is 2.65. The fourth-order valence-electron chi connectivity index (χ4n) is 1.27. The van der Waals surface area contributed by atoms with Crippen molar-refractivity contribution in [3.8, 4) is 0 Å². The molecule has 1 fully saturated rings. The van der Waals surface area contributed by atoms with E-state index in [-0.39, 0.29) is 0 Å². The van der Waals surface area contributed by atoms with Crippen molar-refractivity contribution in [1.82, 2.24) is 4.90 Å². The molecule has 0 aromatic carbocycles. The van der Waals surface area contributed by atoms with Gasteiger partial charge in [0.25, 0.3) is 0 Å². The third kappa shape index (κ3) is 2.52. The number of hydrogen-bond donors (Lipinski definition) is 0. The zero-order valence-electron chi connectivity index (χ0n) is 8.05. The molecule has 1 amide bonds. The van der Waals surface area contributed by atoms with Crippen LogP contribution in [0.2, 0.25) is 0 Å². The first kappa shape index (κ1) is 10.5. The van der Waals surface area contributed by atoms with Crippen molar-refractivity contribution < 1.29 is 4.79 Å². The van der Waals surface area contributed by atoms with E-state index in [1.165, 1.54) is 0 Å². The summed E-state index contributed by atoms with van der Waals surface area (Å²) in [6.07, 6.45) is 2.06. The Hall–Kier alpha value is -0.530. The number of rotatable bonds is 1. The summed E-state index contributed by atoms with van der Waals surface area (Å²) in [4.78, 5) is 12.9. The summed E-state index contributed by atoms with van der Waals surface area (Å²) in [6.45, 7) is 7.03. The summed E-state index contributed by atoms with van der Waals surface area (Å²) in [6, 6.07) is 0. The summed E-state index contributed by atoms with van der Waals surface area (Å²) in [5.41, 5.74) is 0. The van der Waals surface area contributed by atoms with Crippen LogP contribution in [0.25, 0.3) is 0 Å². The van der Waals surface area contributed by atoms with Crippen molar-refractivity contribution >= 4 is 5.91 Å². The van der Waals surface area contributed by atoms with Gasteiger partial charge in [0.1, 0.15) is 0 Å². The molecule has 0 aromatic rings. The van der Waals surface area contributed by atoms with E-state index < -0.39 is 0 Å². The molecule has 0 N–H and O–H groups in total. The first-order valence-electron chi connectivity index (χ1n) is 4.50. The van der Waals surface area contributed by atoms with E-state index in [1.54, 1.807) is 0 Å². The lowest BCUT2D eigenvalue weighted by Crippen LogP contribution is -2.22.